The fourth-order valence-corrected chi connectivity index (χ4v) is 2.54. The number of piperazine rings is 1. The van der Waals surface area contributed by atoms with Gasteiger partial charge in [0.1, 0.15) is 6.10 Å². The van der Waals surface area contributed by atoms with Crippen molar-refractivity contribution in [2.24, 2.45) is 0 Å². The van der Waals surface area contributed by atoms with Crippen molar-refractivity contribution in [1.29, 1.82) is 0 Å². The summed E-state index contributed by atoms with van der Waals surface area (Å²) in [6.07, 6.45) is -0.00612. The molecule has 1 amide bonds. The Balaban J connectivity index is 1.66. The van der Waals surface area contributed by atoms with Crippen LogP contribution in [0.3, 0.4) is 0 Å². The monoisotopic (exact) mass is 285 g/mol. The molecule has 20 heavy (non-hydrogen) atoms. The minimum atomic E-state index is -0.292. The van der Waals surface area contributed by atoms with Crippen LogP contribution in [0.4, 0.5) is 0 Å². The topological polar surface area (TPSA) is 54.0 Å². The first-order valence-electron chi connectivity index (χ1n) is 7.62. The lowest BCUT2D eigenvalue weighted by Gasteiger charge is -2.37. The van der Waals surface area contributed by atoms with Gasteiger partial charge in [-0.25, -0.2) is 0 Å². The molecule has 0 aromatic rings. The van der Waals surface area contributed by atoms with E-state index in [1.54, 1.807) is 0 Å². The summed E-state index contributed by atoms with van der Waals surface area (Å²) in [5, 5.41) is 3.20. The van der Waals surface area contributed by atoms with E-state index in [9.17, 15) is 4.79 Å². The van der Waals surface area contributed by atoms with Crippen molar-refractivity contribution in [3.63, 3.8) is 0 Å². The number of rotatable bonds is 5. The van der Waals surface area contributed by atoms with E-state index in [2.05, 4.69) is 24.1 Å². The maximum atomic E-state index is 12.3. The molecule has 2 heterocycles. The Bertz CT molecular complexity index is 298. The lowest BCUT2D eigenvalue weighted by atomic mass is 10.2. The van der Waals surface area contributed by atoms with Crippen LogP contribution in [0.15, 0.2) is 0 Å². The Morgan fingerprint density at radius 3 is 2.70 bits per heavy atom. The summed E-state index contributed by atoms with van der Waals surface area (Å²) >= 11 is 0. The molecule has 0 aromatic heterocycles. The van der Waals surface area contributed by atoms with E-state index >= 15 is 0 Å². The van der Waals surface area contributed by atoms with Crippen LogP contribution in [0.1, 0.15) is 13.8 Å². The zero-order valence-electron chi connectivity index (χ0n) is 12.6. The first-order chi connectivity index (χ1) is 9.66. The summed E-state index contributed by atoms with van der Waals surface area (Å²) in [5.74, 6) is 0.135. The molecule has 2 saturated heterocycles. The molecule has 6 heteroatoms. The van der Waals surface area contributed by atoms with Gasteiger partial charge >= 0.3 is 0 Å². The van der Waals surface area contributed by atoms with Crippen LogP contribution < -0.4 is 5.32 Å². The third kappa shape index (κ3) is 4.70. The van der Waals surface area contributed by atoms with Crippen LogP contribution in [0.2, 0.25) is 0 Å². The average molecular weight is 285 g/mol. The summed E-state index contributed by atoms with van der Waals surface area (Å²) in [6.45, 7) is 11.4. The second-order valence-electron chi connectivity index (χ2n) is 5.65. The molecular weight excluding hydrogens is 258 g/mol. The Labute approximate surface area is 121 Å². The molecule has 1 N–H and O–H groups in total. The van der Waals surface area contributed by atoms with Crippen LogP contribution >= 0.6 is 0 Å². The maximum Gasteiger partial charge on any atom is 0.253 e. The molecule has 116 valence electrons. The van der Waals surface area contributed by atoms with Gasteiger partial charge in [-0.3, -0.25) is 9.69 Å². The molecule has 1 unspecified atom stereocenters. The molecule has 0 aromatic carbocycles. The van der Waals surface area contributed by atoms with Crippen molar-refractivity contribution >= 4 is 5.91 Å². The lowest BCUT2D eigenvalue weighted by Crippen LogP contribution is -2.55. The van der Waals surface area contributed by atoms with Crippen LogP contribution in [0.5, 0.6) is 0 Å². The standard InChI is InChI=1S/C14H27N3O3/c1-12(2)19-10-8-16-4-6-17(7-5-16)14(18)13-11-15-3-9-20-13/h12-13,15H,3-11H2,1-2H3. The molecule has 2 aliphatic heterocycles. The van der Waals surface area contributed by atoms with Crippen LogP contribution in [0, 0.1) is 0 Å². The molecule has 0 radical (unpaired) electrons. The molecule has 0 bridgehead atoms. The first-order valence-corrected chi connectivity index (χ1v) is 7.62. The molecular formula is C14H27N3O3. The number of hydrogen-bond acceptors (Lipinski definition) is 5. The maximum absolute atomic E-state index is 12.3. The Morgan fingerprint density at radius 2 is 2.10 bits per heavy atom. The number of carbonyl (C=O) groups is 1. The quantitative estimate of drug-likeness (QED) is 0.741. The number of nitrogens with zero attached hydrogens (tertiary/aromatic N) is 2. The highest BCUT2D eigenvalue weighted by molar-refractivity contribution is 5.81. The predicted molar refractivity (Wildman–Crippen MR) is 76.7 cm³/mol. The summed E-state index contributed by atoms with van der Waals surface area (Å²) in [5.41, 5.74) is 0. The fraction of sp³-hybridized carbons (Fsp3) is 0.929. The van der Waals surface area contributed by atoms with Crippen molar-refractivity contribution in [2.45, 2.75) is 26.1 Å². The largest absolute Gasteiger partial charge is 0.377 e. The third-order valence-electron chi connectivity index (χ3n) is 3.75. The van der Waals surface area contributed by atoms with E-state index in [1.165, 1.54) is 0 Å². The van der Waals surface area contributed by atoms with Gasteiger partial charge in [0.15, 0.2) is 0 Å². The van der Waals surface area contributed by atoms with Crippen molar-refractivity contribution < 1.29 is 14.3 Å². The van der Waals surface area contributed by atoms with E-state index < -0.39 is 0 Å². The minimum absolute atomic E-state index is 0.135. The molecule has 0 aliphatic carbocycles. The molecule has 2 rings (SSSR count). The van der Waals surface area contributed by atoms with Crippen LogP contribution in [0.25, 0.3) is 0 Å². The number of morpholine rings is 1. The Hall–Kier alpha value is -0.690. The highest BCUT2D eigenvalue weighted by atomic mass is 16.5. The van der Waals surface area contributed by atoms with Gasteiger partial charge < -0.3 is 19.7 Å². The number of carbonyl (C=O) groups excluding carboxylic acids is 1. The minimum Gasteiger partial charge on any atom is -0.377 e. The molecule has 2 aliphatic rings. The summed E-state index contributed by atoms with van der Waals surface area (Å²) < 4.78 is 11.1. The highest BCUT2D eigenvalue weighted by Gasteiger charge is 2.29. The Kier molecular flexibility index (Phi) is 6.22. The zero-order valence-corrected chi connectivity index (χ0v) is 12.6. The first kappa shape index (κ1) is 15.7. The second-order valence-corrected chi connectivity index (χ2v) is 5.65. The van der Waals surface area contributed by atoms with Gasteiger partial charge in [-0.15, -0.1) is 0 Å². The van der Waals surface area contributed by atoms with E-state index in [0.29, 0.717) is 13.2 Å². The SMILES string of the molecule is CC(C)OCCN1CCN(C(=O)C2CNCCO2)CC1. The summed E-state index contributed by atoms with van der Waals surface area (Å²) in [4.78, 5) is 16.6. The highest BCUT2D eigenvalue weighted by Crippen LogP contribution is 2.07. The predicted octanol–water partition coefficient (Wildman–Crippen LogP) is -0.456. The second kappa shape index (κ2) is 7.93. The van der Waals surface area contributed by atoms with Gasteiger partial charge in [-0.05, 0) is 13.8 Å². The number of ether oxygens (including phenoxy) is 2. The van der Waals surface area contributed by atoms with Crippen molar-refractivity contribution in [2.75, 3.05) is 59.0 Å². The molecule has 0 saturated carbocycles. The van der Waals surface area contributed by atoms with Crippen molar-refractivity contribution in [1.82, 2.24) is 15.1 Å². The summed E-state index contributed by atoms with van der Waals surface area (Å²) in [7, 11) is 0. The normalized spacial score (nSPS) is 25.1. The number of amides is 1. The van der Waals surface area contributed by atoms with Gasteiger partial charge in [0.2, 0.25) is 0 Å². The zero-order chi connectivity index (χ0) is 14.4. The average Bonchev–Trinajstić information content (AvgIpc) is 2.48. The Morgan fingerprint density at radius 1 is 1.35 bits per heavy atom. The number of nitrogens with one attached hydrogen (secondary N) is 1. The summed E-state index contributed by atoms with van der Waals surface area (Å²) in [6, 6.07) is 0. The van der Waals surface area contributed by atoms with Gasteiger partial charge in [0.05, 0.1) is 19.3 Å². The van der Waals surface area contributed by atoms with Crippen LogP contribution in [-0.2, 0) is 14.3 Å². The third-order valence-corrected chi connectivity index (χ3v) is 3.75. The molecule has 2 fully saturated rings. The fourth-order valence-electron chi connectivity index (χ4n) is 2.54. The van der Waals surface area contributed by atoms with E-state index in [-0.39, 0.29) is 18.1 Å². The van der Waals surface area contributed by atoms with Gasteiger partial charge in [-0.2, -0.15) is 0 Å². The lowest BCUT2D eigenvalue weighted by molar-refractivity contribution is -0.147. The van der Waals surface area contributed by atoms with Crippen molar-refractivity contribution in [3.05, 3.63) is 0 Å². The van der Waals surface area contributed by atoms with E-state index in [4.69, 9.17) is 9.47 Å². The van der Waals surface area contributed by atoms with Crippen LogP contribution in [-0.4, -0.2) is 86.9 Å². The smallest absolute Gasteiger partial charge is 0.253 e. The molecule has 0 spiro atoms. The van der Waals surface area contributed by atoms with E-state index in [0.717, 1.165) is 45.9 Å². The van der Waals surface area contributed by atoms with Gasteiger partial charge in [0, 0.05) is 45.8 Å². The van der Waals surface area contributed by atoms with Gasteiger partial charge in [-0.1, -0.05) is 0 Å². The molecule has 6 nitrogen and oxygen atoms in total. The van der Waals surface area contributed by atoms with Gasteiger partial charge in [0.25, 0.3) is 5.91 Å². The van der Waals surface area contributed by atoms with Crippen molar-refractivity contribution in [3.8, 4) is 0 Å². The number of hydrogen-bond donors (Lipinski definition) is 1. The molecule has 1 atom stereocenters. The van der Waals surface area contributed by atoms with E-state index in [1.807, 2.05) is 4.90 Å².